The summed E-state index contributed by atoms with van der Waals surface area (Å²) in [7, 11) is 3.24. The molecule has 0 fully saturated rings. The normalized spacial score (nSPS) is 10.4. The summed E-state index contributed by atoms with van der Waals surface area (Å²) in [5.74, 6) is 0.245. The lowest BCUT2D eigenvalue weighted by Gasteiger charge is -2.13. The van der Waals surface area contributed by atoms with Gasteiger partial charge in [-0.3, -0.25) is 4.79 Å². The highest BCUT2D eigenvalue weighted by atomic mass is 79.9. The third-order valence-corrected chi connectivity index (χ3v) is 4.59. The lowest BCUT2D eigenvalue weighted by Crippen LogP contribution is -2.25. The number of rotatable bonds is 3. The Morgan fingerprint density at radius 1 is 1.00 bits per heavy atom. The van der Waals surface area contributed by atoms with E-state index in [9.17, 15) is 9.59 Å². The Morgan fingerprint density at radius 3 is 2.42 bits per heavy atom. The van der Waals surface area contributed by atoms with Crippen LogP contribution in [0.25, 0.3) is 10.8 Å². The van der Waals surface area contributed by atoms with Gasteiger partial charge in [0.2, 0.25) is 0 Å². The smallest absolute Gasteiger partial charge is 0.409 e. The van der Waals surface area contributed by atoms with Gasteiger partial charge in [0, 0.05) is 25.3 Å². The molecule has 0 radical (unpaired) electrons. The summed E-state index contributed by atoms with van der Waals surface area (Å²) in [5.41, 5.74) is 1.29. The minimum absolute atomic E-state index is 0.183. The van der Waals surface area contributed by atoms with Crippen molar-refractivity contribution in [2.24, 2.45) is 0 Å². The van der Waals surface area contributed by atoms with Gasteiger partial charge in [0.1, 0.15) is 5.75 Å². The molecule has 0 atom stereocenters. The van der Waals surface area contributed by atoms with E-state index in [0.29, 0.717) is 15.8 Å². The van der Waals surface area contributed by atoms with E-state index in [4.69, 9.17) is 4.74 Å². The van der Waals surface area contributed by atoms with Crippen LogP contribution in [-0.2, 0) is 0 Å². The molecule has 0 aliphatic heterocycles. The number of hydrogen-bond donors (Lipinski definition) is 1. The van der Waals surface area contributed by atoms with Crippen molar-refractivity contribution in [2.45, 2.75) is 0 Å². The average Bonchev–Trinajstić information content (AvgIpc) is 2.64. The Bertz CT molecular complexity index is 971. The SMILES string of the molecule is CN(C)C(=O)Oc1ccc2cc(C(=O)Nc3ccccc3)ccc2c1Br. The minimum Gasteiger partial charge on any atom is -0.409 e. The van der Waals surface area contributed by atoms with Crippen LogP contribution in [0, 0.1) is 0 Å². The molecule has 0 bridgehead atoms. The number of nitrogens with one attached hydrogen (secondary N) is 1. The van der Waals surface area contributed by atoms with Crippen molar-refractivity contribution < 1.29 is 14.3 Å². The number of fused-ring (bicyclic) bond motifs is 1. The number of para-hydroxylation sites is 1. The Balaban J connectivity index is 1.87. The lowest BCUT2D eigenvalue weighted by atomic mass is 10.1. The summed E-state index contributed by atoms with van der Waals surface area (Å²) < 4.78 is 6.00. The number of nitrogens with zero attached hydrogens (tertiary/aromatic N) is 1. The molecule has 3 aromatic rings. The van der Waals surface area contributed by atoms with E-state index < -0.39 is 6.09 Å². The molecule has 0 aliphatic rings. The molecule has 3 aromatic carbocycles. The van der Waals surface area contributed by atoms with Crippen molar-refractivity contribution in [3.8, 4) is 5.75 Å². The van der Waals surface area contributed by atoms with Gasteiger partial charge in [0.05, 0.1) is 4.47 Å². The maximum Gasteiger partial charge on any atom is 0.414 e. The minimum atomic E-state index is -0.455. The van der Waals surface area contributed by atoms with Gasteiger partial charge >= 0.3 is 6.09 Å². The standard InChI is InChI=1S/C20H17BrN2O3/c1-23(2)20(25)26-17-11-9-13-12-14(8-10-16(13)18(17)21)19(24)22-15-6-4-3-5-7-15/h3-12H,1-2H3,(H,22,24). The molecule has 26 heavy (non-hydrogen) atoms. The highest BCUT2D eigenvalue weighted by Gasteiger charge is 2.14. The van der Waals surface area contributed by atoms with Crippen molar-refractivity contribution >= 4 is 44.4 Å². The summed E-state index contributed by atoms with van der Waals surface area (Å²) in [6.45, 7) is 0. The topological polar surface area (TPSA) is 58.6 Å². The summed E-state index contributed by atoms with van der Waals surface area (Å²) >= 11 is 3.48. The highest BCUT2D eigenvalue weighted by Crippen LogP contribution is 2.34. The molecule has 1 N–H and O–H groups in total. The van der Waals surface area contributed by atoms with Crippen LogP contribution >= 0.6 is 15.9 Å². The predicted molar refractivity (Wildman–Crippen MR) is 106 cm³/mol. The number of benzene rings is 3. The molecule has 132 valence electrons. The fourth-order valence-corrected chi connectivity index (χ4v) is 2.98. The molecule has 0 spiro atoms. The van der Waals surface area contributed by atoms with E-state index in [-0.39, 0.29) is 5.91 Å². The Kier molecular flexibility index (Phi) is 5.23. The molecular weight excluding hydrogens is 396 g/mol. The number of anilines is 1. The summed E-state index contributed by atoms with van der Waals surface area (Å²) in [4.78, 5) is 25.5. The first-order chi connectivity index (χ1) is 12.5. The molecule has 0 saturated heterocycles. The predicted octanol–water partition coefficient (Wildman–Crippen LogP) is 4.92. The van der Waals surface area contributed by atoms with Gasteiger partial charge in [-0.1, -0.05) is 30.3 Å². The van der Waals surface area contributed by atoms with Crippen LogP contribution in [0.3, 0.4) is 0 Å². The second kappa shape index (κ2) is 7.58. The molecule has 3 rings (SSSR count). The molecule has 6 heteroatoms. The number of hydrogen-bond acceptors (Lipinski definition) is 3. The van der Waals surface area contributed by atoms with Crippen molar-refractivity contribution in [1.82, 2.24) is 4.90 Å². The second-order valence-corrected chi connectivity index (χ2v) is 6.69. The van der Waals surface area contributed by atoms with E-state index in [2.05, 4.69) is 21.2 Å². The highest BCUT2D eigenvalue weighted by molar-refractivity contribution is 9.10. The molecule has 0 aliphatic carbocycles. The maximum atomic E-state index is 12.4. The summed E-state index contributed by atoms with van der Waals surface area (Å²) in [5, 5.41) is 4.58. The quantitative estimate of drug-likeness (QED) is 0.664. The third-order valence-electron chi connectivity index (χ3n) is 3.77. The number of amides is 2. The first kappa shape index (κ1) is 17.9. The first-order valence-corrected chi connectivity index (χ1v) is 8.73. The third kappa shape index (κ3) is 3.86. The summed E-state index contributed by atoms with van der Waals surface area (Å²) in [6.07, 6.45) is -0.455. The zero-order valence-corrected chi connectivity index (χ0v) is 15.9. The van der Waals surface area contributed by atoms with Crippen molar-refractivity contribution in [3.05, 3.63) is 70.7 Å². The zero-order valence-electron chi connectivity index (χ0n) is 14.3. The van der Waals surface area contributed by atoms with Crippen LogP contribution in [0.4, 0.5) is 10.5 Å². The van der Waals surface area contributed by atoms with Gasteiger partial charge in [0.25, 0.3) is 5.91 Å². The average molecular weight is 413 g/mol. The molecular formula is C20H17BrN2O3. The molecule has 2 amide bonds. The Morgan fingerprint density at radius 2 is 1.73 bits per heavy atom. The van der Waals surface area contributed by atoms with Crippen molar-refractivity contribution in [1.29, 1.82) is 0 Å². The van der Waals surface area contributed by atoms with Crippen LogP contribution < -0.4 is 10.1 Å². The number of carbonyl (C=O) groups is 2. The van der Waals surface area contributed by atoms with E-state index in [1.807, 2.05) is 42.5 Å². The maximum absolute atomic E-state index is 12.4. The zero-order chi connectivity index (χ0) is 18.7. The Labute approximate surface area is 159 Å². The van der Waals surface area contributed by atoms with Crippen LogP contribution in [0.15, 0.2) is 65.1 Å². The fraction of sp³-hybridized carbons (Fsp3) is 0.100. The van der Waals surface area contributed by atoms with Crippen LogP contribution in [0.2, 0.25) is 0 Å². The largest absolute Gasteiger partial charge is 0.414 e. The second-order valence-electron chi connectivity index (χ2n) is 5.90. The molecule has 0 saturated carbocycles. The number of halogens is 1. The van der Waals surface area contributed by atoms with E-state index in [1.165, 1.54) is 4.90 Å². The molecule has 0 unspecified atom stereocenters. The van der Waals surface area contributed by atoms with Crippen molar-refractivity contribution in [3.63, 3.8) is 0 Å². The molecule has 0 aromatic heterocycles. The van der Waals surface area contributed by atoms with E-state index in [0.717, 1.165) is 16.5 Å². The van der Waals surface area contributed by atoms with Gasteiger partial charge in [0.15, 0.2) is 0 Å². The van der Waals surface area contributed by atoms with Gasteiger partial charge in [-0.25, -0.2) is 4.79 Å². The van der Waals surface area contributed by atoms with Gasteiger partial charge in [-0.2, -0.15) is 0 Å². The van der Waals surface area contributed by atoms with Crippen LogP contribution in [0.5, 0.6) is 5.75 Å². The number of carbonyl (C=O) groups excluding carboxylic acids is 2. The molecule has 5 nitrogen and oxygen atoms in total. The first-order valence-electron chi connectivity index (χ1n) is 7.93. The van der Waals surface area contributed by atoms with E-state index >= 15 is 0 Å². The van der Waals surface area contributed by atoms with Gasteiger partial charge < -0.3 is 15.0 Å². The Hall–Kier alpha value is -2.86. The van der Waals surface area contributed by atoms with Crippen LogP contribution in [0.1, 0.15) is 10.4 Å². The van der Waals surface area contributed by atoms with E-state index in [1.54, 1.807) is 32.3 Å². The summed E-state index contributed by atoms with van der Waals surface area (Å²) in [6, 6.07) is 18.2. The van der Waals surface area contributed by atoms with Gasteiger partial charge in [-0.15, -0.1) is 0 Å². The van der Waals surface area contributed by atoms with Gasteiger partial charge in [-0.05, 0) is 57.0 Å². The lowest BCUT2D eigenvalue weighted by molar-refractivity contribution is 0.102. The monoisotopic (exact) mass is 412 g/mol. The fourth-order valence-electron chi connectivity index (χ4n) is 2.40. The molecule has 0 heterocycles. The van der Waals surface area contributed by atoms with Crippen molar-refractivity contribution in [2.75, 3.05) is 19.4 Å². The van der Waals surface area contributed by atoms with Crippen LogP contribution in [-0.4, -0.2) is 31.0 Å². The number of ether oxygens (including phenoxy) is 1.